The van der Waals surface area contributed by atoms with E-state index >= 15 is 0 Å². The number of aromatic nitrogens is 6. The third kappa shape index (κ3) is 18.3. The number of benzene rings is 3. The Kier molecular flexibility index (Phi) is 26.1. The molecular weight excluding hydrogens is 1110 g/mol. The molecule has 0 saturated carbocycles. The summed E-state index contributed by atoms with van der Waals surface area (Å²) >= 11 is 22.3. The lowest BCUT2D eigenvalue weighted by atomic mass is 10.0. The van der Waals surface area contributed by atoms with Gasteiger partial charge in [0.05, 0.1) is 26.8 Å². The first kappa shape index (κ1) is 64.0. The smallest absolute Gasteiger partial charge is 0.417 e. The number of carbonyl (C=O) groups excluding carboxylic acids is 2. The van der Waals surface area contributed by atoms with E-state index in [1.807, 2.05) is 88.4 Å². The number of anilines is 2. The number of urea groups is 1. The maximum atomic E-state index is 12.6. The molecule has 24 heteroatoms. The van der Waals surface area contributed by atoms with Crippen LogP contribution in [0.2, 0.25) is 10.0 Å². The van der Waals surface area contributed by atoms with Crippen molar-refractivity contribution in [1.82, 2.24) is 40.6 Å². The minimum Gasteiger partial charge on any atom is -0.420 e. The first-order valence-electron chi connectivity index (χ1n) is 23.6. The Bertz CT molecular complexity index is 3120. The standard InChI is InChI=1S/C23H24ClN5O4.C15H15NO2.C14H15ClN4O3.CH2Cl2.CH4.ClH/c1-13-3-4-17(9-14(13)2)26-23(32)29-7-5-15(6-8-29)20-18(24)10-16(11-25-20)21(31)22-28-27-19(12-30)33-22;1-11-8-9-13(10-12(11)2)16-15(17)18-14-6-4-3-5-7-14;15-10-5-9(13(21)14-19-18-11(7-20)22-14)6-17-12(10)8-1-3-16-4-2-8;2-1-3;;/h3-5,9-11,21,30-31H,6-8,12H2,1-2H3,(H,26,32);3-10H,1-2H3,(H,16,17);1,5-6,13,16,20-21H,2-4,7H2;1H2;1H4;1H. The van der Waals surface area contributed by atoms with Crippen molar-refractivity contribution in [2.45, 2.75) is 73.4 Å². The van der Waals surface area contributed by atoms with Gasteiger partial charge in [-0.1, -0.05) is 73.1 Å². The molecule has 4 aromatic heterocycles. The van der Waals surface area contributed by atoms with Gasteiger partial charge in [-0.3, -0.25) is 15.3 Å². The molecule has 7 aromatic rings. The minimum absolute atomic E-state index is 0. The van der Waals surface area contributed by atoms with Crippen LogP contribution in [0.5, 0.6) is 5.75 Å². The maximum absolute atomic E-state index is 12.6. The van der Waals surface area contributed by atoms with Gasteiger partial charge in [0.1, 0.15) is 19.0 Å². The molecule has 3 amide bonds. The summed E-state index contributed by atoms with van der Waals surface area (Å²) in [5, 5.41) is 63.1. The molecule has 0 saturated heterocycles. The van der Waals surface area contributed by atoms with Crippen molar-refractivity contribution in [1.29, 1.82) is 0 Å². The Labute approximate surface area is 478 Å². The van der Waals surface area contributed by atoms with E-state index in [2.05, 4.69) is 52.4 Å². The molecule has 2 unspecified atom stereocenters. The van der Waals surface area contributed by atoms with Crippen molar-refractivity contribution in [3.63, 3.8) is 0 Å². The van der Waals surface area contributed by atoms with E-state index in [9.17, 15) is 19.8 Å². The molecule has 2 aliphatic heterocycles. The van der Waals surface area contributed by atoms with Gasteiger partial charge in [-0.15, -0.1) is 56.0 Å². The molecule has 19 nitrogen and oxygen atoms in total. The van der Waals surface area contributed by atoms with E-state index in [1.54, 1.807) is 29.2 Å². The van der Waals surface area contributed by atoms with Gasteiger partial charge < -0.3 is 49.5 Å². The zero-order chi connectivity index (χ0) is 54.7. The van der Waals surface area contributed by atoms with Crippen molar-refractivity contribution < 1.29 is 43.6 Å². The minimum atomic E-state index is -1.21. The number of amides is 3. The van der Waals surface area contributed by atoms with Gasteiger partial charge in [0.25, 0.3) is 0 Å². The van der Waals surface area contributed by atoms with Gasteiger partial charge in [0, 0.05) is 54.5 Å². The second kappa shape index (κ2) is 31.8. The fourth-order valence-electron chi connectivity index (χ4n) is 7.33. The average Bonchev–Trinajstić information content (AvgIpc) is 4.13. The maximum Gasteiger partial charge on any atom is 0.417 e. The number of aliphatic hydroxyl groups is 4. The van der Waals surface area contributed by atoms with E-state index in [-0.39, 0.29) is 61.4 Å². The van der Waals surface area contributed by atoms with Crippen LogP contribution in [0.1, 0.15) is 101 Å². The molecule has 2 aliphatic rings. The molecule has 0 bridgehead atoms. The lowest BCUT2D eigenvalue weighted by molar-refractivity contribution is 0.170. The molecule has 0 aliphatic carbocycles. The summed E-state index contributed by atoms with van der Waals surface area (Å²) in [6.45, 7) is 9.93. The summed E-state index contributed by atoms with van der Waals surface area (Å²) in [6.07, 6.45) is 5.65. The number of rotatable bonds is 11. The SMILES string of the molecule is C.Cc1ccc(NC(=O)N2CC=C(c3ncc(C(O)c4nnc(CO)o4)cc3Cl)CC2)cc1C.Cc1ccc(NC(=O)Oc2ccccc2)cc1C.Cl.ClCCl.OCc1nnc(C(O)c2cnc(C3=CCNCC3)c(Cl)c2)o1. The summed E-state index contributed by atoms with van der Waals surface area (Å²) in [5.74, 6) is 0.532. The van der Waals surface area contributed by atoms with E-state index in [0.29, 0.717) is 52.1 Å². The van der Waals surface area contributed by atoms with E-state index < -0.39 is 24.9 Å². The molecule has 7 N–H and O–H groups in total. The highest BCUT2D eigenvalue weighted by Gasteiger charge is 2.24. The number of hydrogen-bond acceptors (Lipinski definition) is 16. The number of aliphatic hydroxyl groups excluding tert-OH is 4. The lowest BCUT2D eigenvalue weighted by Gasteiger charge is -2.27. The van der Waals surface area contributed by atoms with Gasteiger partial charge in [-0.25, -0.2) is 9.59 Å². The number of alkyl halides is 2. The predicted octanol–water partition coefficient (Wildman–Crippen LogP) is 11.1. The van der Waals surface area contributed by atoms with Crippen molar-refractivity contribution in [2.24, 2.45) is 0 Å². The molecule has 0 spiro atoms. The topological polar surface area (TPSA) is 267 Å². The number of aryl methyl sites for hydroxylation is 4. The number of ether oxygens (including phenoxy) is 1. The van der Waals surface area contributed by atoms with Crippen LogP contribution in [0.3, 0.4) is 0 Å². The van der Waals surface area contributed by atoms with E-state index in [1.165, 1.54) is 23.5 Å². The second-order valence-electron chi connectivity index (χ2n) is 17.0. The molecule has 3 aromatic carbocycles. The molecule has 6 heterocycles. The third-order valence-electron chi connectivity index (χ3n) is 11.7. The highest BCUT2D eigenvalue weighted by atomic mass is 35.5. The highest BCUT2D eigenvalue weighted by Crippen LogP contribution is 2.32. The van der Waals surface area contributed by atoms with Crippen LogP contribution in [-0.4, -0.2) is 99.3 Å². The lowest BCUT2D eigenvalue weighted by Crippen LogP contribution is -2.38. The van der Waals surface area contributed by atoms with Gasteiger partial charge in [-0.05, 0) is 129 Å². The molecule has 0 radical (unpaired) electrons. The van der Waals surface area contributed by atoms with Crippen molar-refractivity contribution >= 4 is 93.5 Å². The largest absolute Gasteiger partial charge is 0.420 e. The molecule has 78 heavy (non-hydrogen) atoms. The van der Waals surface area contributed by atoms with Gasteiger partial charge in [-0.2, -0.15) is 0 Å². The third-order valence-corrected chi connectivity index (χ3v) is 12.3. The van der Waals surface area contributed by atoms with Crippen LogP contribution in [0.25, 0.3) is 11.1 Å². The highest BCUT2D eigenvalue weighted by molar-refractivity contribution is 6.40. The first-order chi connectivity index (χ1) is 36.6. The van der Waals surface area contributed by atoms with Gasteiger partial charge >= 0.3 is 12.1 Å². The number of nitrogens with zero attached hydrogens (tertiary/aromatic N) is 7. The van der Waals surface area contributed by atoms with Crippen molar-refractivity contribution in [2.75, 3.05) is 42.2 Å². The zero-order valence-electron chi connectivity index (χ0n) is 42.2. The van der Waals surface area contributed by atoms with Crippen molar-refractivity contribution in [3.8, 4) is 5.75 Å². The van der Waals surface area contributed by atoms with Crippen LogP contribution >= 0.6 is 58.8 Å². The number of hydrogen-bond donors (Lipinski definition) is 7. The fourth-order valence-corrected chi connectivity index (χ4v) is 7.92. The molecular formula is C54H61Cl5N10O9. The number of halogens is 5. The molecule has 0 fully saturated rings. The number of pyridine rings is 2. The van der Waals surface area contributed by atoms with Crippen LogP contribution in [0.4, 0.5) is 21.0 Å². The number of para-hydroxylation sites is 1. The Morgan fingerprint density at radius 1 is 0.705 bits per heavy atom. The molecule has 9 rings (SSSR count). The van der Waals surface area contributed by atoms with E-state index in [4.69, 9.17) is 70.2 Å². The summed E-state index contributed by atoms with van der Waals surface area (Å²) in [5.41, 5.74) is 10.3. The summed E-state index contributed by atoms with van der Waals surface area (Å²) < 4.78 is 15.4. The number of nitrogens with one attached hydrogen (secondary N) is 3. The molecule has 416 valence electrons. The fraction of sp³-hybridized carbons (Fsp3) is 0.296. The predicted molar refractivity (Wildman–Crippen MR) is 304 cm³/mol. The van der Waals surface area contributed by atoms with Crippen LogP contribution in [0, 0.1) is 27.7 Å². The first-order valence-corrected chi connectivity index (χ1v) is 25.4. The summed E-state index contributed by atoms with van der Waals surface area (Å²) in [4.78, 5) is 34.8. The normalized spacial score (nSPS) is 13.4. The van der Waals surface area contributed by atoms with Crippen LogP contribution in [-0.2, 0) is 13.2 Å². The molecule has 2 atom stereocenters. The van der Waals surface area contributed by atoms with Crippen LogP contribution in [0.15, 0.2) is 112 Å². The van der Waals surface area contributed by atoms with E-state index in [0.717, 1.165) is 58.9 Å². The monoisotopic (exact) mass is 1170 g/mol. The Morgan fingerprint density at radius 3 is 1.63 bits per heavy atom. The summed E-state index contributed by atoms with van der Waals surface area (Å²) in [6, 6.07) is 23.6. The average molecular weight is 1170 g/mol. The van der Waals surface area contributed by atoms with Gasteiger partial charge in [0.15, 0.2) is 12.2 Å². The summed E-state index contributed by atoms with van der Waals surface area (Å²) in [7, 11) is 0. The van der Waals surface area contributed by atoms with Crippen molar-refractivity contribution in [3.05, 3.63) is 182 Å². The second-order valence-corrected chi connectivity index (χ2v) is 18.6. The van der Waals surface area contributed by atoms with Gasteiger partial charge in [0.2, 0.25) is 23.6 Å². The Hall–Kier alpha value is -6.49. The quantitative estimate of drug-likeness (QED) is 0.0594. The Morgan fingerprint density at radius 2 is 1.21 bits per heavy atom. The number of carbonyl (C=O) groups is 2. The Balaban J connectivity index is 0.000000255. The van der Waals surface area contributed by atoms with Crippen LogP contribution < -0.4 is 20.7 Å². The zero-order valence-corrected chi connectivity index (χ0v) is 46.1.